The fourth-order valence-corrected chi connectivity index (χ4v) is 2.71. The van der Waals surface area contributed by atoms with Gasteiger partial charge in [0, 0.05) is 43.6 Å². The van der Waals surface area contributed by atoms with Crippen LogP contribution in [0.2, 0.25) is 0 Å². The van der Waals surface area contributed by atoms with Gasteiger partial charge in [-0.25, -0.2) is 15.0 Å². The smallest absolute Gasteiger partial charge is 0.170 e. The van der Waals surface area contributed by atoms with Gasteiger partial charge in [0.15, 0.2) is 11.6 Å². The van der Waals surface area contributed by atoms with Gasteiger partial charge in [-0.2, -0.15) is 0 Å². The highest BCUT2D eigenvalue weighted by Gasteiger charge is 2.14. The second kappa shape index (κ2) is 7.64. The van der Waals surface area contributed by atoms with E-state index in [4.69, 9.17) is 11.5 Å². The maximum absolute atomic E-state index is 6.02. The maximum Gasteiger partial charge on any atom is 0.170 e. The number of anilines is 2. The van der Waals surface area contributed by atoms with Crippen molar-refractivity contribution in [1.82, 2.24) is 19.4 Å². The molecule has 0 aliphatic rings. The molecule has 1 atom stereocenters. The summed E-state index contributed by atoms with van der Waals surface area (Å²) in [6.07, 6.45) is 11.3. The van der Waals surface area contributed by atoms with E-state index in [1.54, 1.807) is 25.7 Å². The van der Waals surface area contributed by atoms with E-state index in [1.807, 2.05) is 28.9 Å². The van der Waals surface area contributed by atoms with Crippen LogP contribution >= 0.6 is 0 Å². The number of nitrogens with one attached hydrogen (secondary N) is 1. The van der Waals surface area contributed by atoms with E-state index in [-0.39, 0.29) is 6.04 Å². The third-order valence-corrected chi connectivity index (χ3v) is 4.08. The van der Waals surface area contributed by atoms with Gasteiger partial charge in [0.1, 0.15) is 5.65 Å². The average molecular weight is 350 g/mol. The summed E-state index contributed by atoms with van der Waals surface area (Å²) in [6, 6.07) is 4.06. The van der Waals surface area contributed by atoms with E-state index in [2.05, 4.69) is 32.2 Å². The third-order valence-electron chi connectivity index (χ3n) is 4.08. The number of aromatic nitrogens is 4. The van der Waals surface area contributed by atoms with E-state index in [1.165, 1.54) is 6.20 Å². The highest BCUT2D eigenvalue weighted by molar-refractivity contribution is 6.08. The highest BCUT2D eigenvalue weighted by Crippen LogP contribution is 2.25. The molecule has 0 spiro atoms. The van der Waals surface area contributed by atoms with Gasteiger partial charge in [-0.1, -0.05) is 13.0 Å². The van der Waals surface area contributed by atoms with E-state index in [9.17, 15) is 0 Å². The van der Waals surface area contributed by atoms with Gasteiger partial charge >= 0.3 is 0 Å². The summed E-state index contributed by atoms with van der Waals surface area (Å²) in [5.41, 5.74) is 15.0. The Bertz CT molecular complexity index is 957. The van der Waals surface area contributed by atoms with Crippen molar-refractivity contribution in [3.05, 3.63) is 54.4 Å². The Kier molecular flexibility index (Phi) is 5.12. The lowest BCUT2D eigenvalue weighted by Gasteiger charge is -2.19. The zero-order chi connectivity index (χ0) is 18.5. The first-order chi connectivity index (χ1) is 12.7. The first kappa shape index (κ1) is 17.4. The average Bonchev–Trinajstić information content (AvgIpc) is 3.13. The van der Waals surface area contributed by atoms with Crippen LogP contribution in [0.3, 0.4) is 0 Å². The van der Waals surface area contributed by atoms with Crippen molar-refractivity contribution in [3.8, 4) is 0 Å². The van der Waals surface area contributed by atoms with E-state index in [0.29, 0.717) is 22.9 Å². The molecule has 3 aromatic heterocycles. The summed E-state index contributed by atoms with van der Waals surface area (Å²) >= 11 is 0. The number of pyridine rings is 1. The van der Waals surface area contributed by atoms with Gasteiger partial charge in [0.2, 0.25) is 0 Å². The van der Waals surface area contributed by atoms with Crippen LogP contribution in [0.1, 0.15) is 30.6 Å². The molecule has 0 bridgehead atoms. The summed E-state index contributed by atoms with van der Waals surface area (Å²) in [5, 5.41) is 3.39. The molecule has 3 aromatic rings. The summed E-state index contributed by atoms with van der Waals surface area (Å²) in [4.78, 5) is 17.1. The molecule has 0 aliphatic heterocycles. The zero-order valence-electron chi connectivity index (χ0n) is 14.8. The summed E-state index contributed by atoms with van der Waals surface area (Å²) in [7, 11) is 1.67. The van der Waals surface area contributed by atoms with Crippen molar-refractivity contribution in [1.29, 1.82) is 0 Å². The van der Waals surface area contributed by atoms with Crippen molar-refractivity contribution in [3.63, 3.8) is 0 Å². The number of hydrogen-bond donors (Lipinski definition) is 3. The number of nitrogens with zero attached hydrogens (tertiary/aromatic N) is 5. The molecule has 0 saturated carbocycles. The van der Waals surface area contributed by atoms with Crippen LogP contribution in [-0.2, 0) is 0 Å². The van der Waals surface area contributed by atoms with Gasteiger partial charge in [0.05, 0.1) is 17.9 Å². The Morgan fingerprint density at radius 2 is 2.23 bits per heavy atom. The number of nitrogens with two attached hydrogens (primary N) is 2. The van der Waals surface area contributed by atoms with Crippen LogP contribution in [0.25, 0.3) is 11.2 Å². The molecule has 5 N–H and O–H groups in total. The normalized spacial score (nSPS) is 13.4. The molecule has 0 aromatic carbocycles. The largest absolute Gasteiger partial charge is 0.404 e. The molecule has 0 radical (unpaired) electrons. The van der Waals surface area contributed by atoms with Crippen LogP contribution < -0.4 is 16.8 Å². The second-order valence-corrected chi connectivity index (χ2v) is 5.76. The summed E-state index contributed by atoms with van der Waals surface area (Å²) < 4.78 is 1.98. The standard InChI is InChI=1S/C18H22N8/c1-3-14(12-4-5-16-22-6-7-26(16)11-12)24-18-17(20)23-10-15(25-18)13(8-19)9-21-2/h4-11,14H,3,19H2,1-2H3,(H2,20,23)(H,24,25). The number of imidazole rings is 1. The van der Waals surface area contributed by atoms with Crippen molar-refractivity contribution in [2.45, 2.75) is 19.4 Å². The van der Waals surface area contributed by atoms with Gasteiger partial charge in [0.25, 0.3) is 0 Å². The minimum Gasteiger partial charge on any atom is -0.404 e. The first-order valence-electron chi connectivity index (χ1n) is 8.32. The fraction of sp³-hybridized carbons (Fsp3) is 0.222. The van der Waals surface area contributed by atoms with Crippen LogP contribution in [-0.4, -0.2) is 32.6 Å². The molecule has 134 valence electrons. The van der Waals surface area contributed by atoms with Crippen molar-refractivity contribution < 1.29 is 0 Å². The quantitative estimate of drug-likeness (QED) is 0.587. The monoisotopic (exact) mass is 350 g/mol. The number of aliphatic imine (C=N–C) groups is 1. The zero-order valence-corrected chi connectivity index (χ0v) is 14.8. The van der Waals surface area contributed by atoms with Crippen molar-refractivity contribution in [2.75, 3.05) is 18.1 Å². The maximum atomic E-state index is 6.02. The molecular formula is C18H22N8. The Labute approximate surface area is 151 Å². The van der Waals surface area contributed by atoms with Crippen LogP contribution in [0.5, 0.6) is 0 Å². The van der Waals surface area contributed by atoms with E-state index in [0.717, 1.165) is 17.6 Å². The van der Waals surface area contributed by atoms with E-state index >= 15 is 0 Å². The molecule has 0 saturated heterocycles. The SMILES string of the molecule is CCC(Nc1nc(C(C=NC)=CN)cnc1N)c1ccc2nccn2c1. The number of rotatable bonds is 6. The third kappa shape index (κ3) is 3.49. The number of allylic oxidation sites excluding steroid dienone is 1. The van der Waals surface area contributed by atoms with E-state index < -0.39 is 0 Å². The van der Waals surface area contributed by atoms with Crippen molar-refractivity contribution in [2.24, 2.45) is 10.7 Å². The lowest BCUT2D eigenvalue weighted by atomic mass is 10.1. The van der Waals surface area contributed by atoms with Crippen LogP contribution in [0.4, 0.5) is 11.6 Å². The summed E-state index contributed by atoms with van der Waals surface area (Å²) in [6.45, 7) is 2.10. The molecule has 8 nitrogen and oxygen atoms in total. The van der Waals surface area contributed by atoms with Gasteiger partial charge in [-0.3, -0.25) is 4.99 Å². The molecule has 3 heterocycles. The Morgan fingerprint density at radius 3 is 2.96 bits per heavy atom. The molecule has 8 heteroatoms. The molecule has 1 unspecified atom stereocenters. The van der Waals surface area contributed by atoms with Gasteiger partial charge < -0.3 is 21.2 Å². The molecule has 0 fully saturated rings. The highest BCUT2D eigenvalue weighted by atomic mass is 15.1. The Morgan fingerprint density at radius 1 is 1.38 bits per heavy atom. The molecule has 3 rings (SSSR count). The molecule has 26 heavy (non-hydrogen) atoms. The number of hydrogen-bond acceptors (Lipinski definition) is 7. The molecule has 0 aliphatic carbocycles. The Balaban J connectivity index is 1.92. The minimum atomic E-state index is 0.0267. The number of nitrogen functional groups attached to an aromatic ring is 1. The molecule has 0 amide bonds. The fourth-order valence-electron chi connectivity index (χ4n) is 2.71. The number of fused-ring (bicyclic) bond motifs is 1. The first-order valence-corrected chi connectivity index (χ1v) is 8.32. The topological polar surface area (TPSA) is 120 Å². The minimum absolute atomic E-state index is 0.0267. The predicted molar refractivity (Wildman–Crippen MR) is 105 cm³/mol. The predicted octanol–water partition coefficient (Wildman–Crippen LogP) is 2.27. The second-order valence-electron chi connectivity index (χ2n) is 5.76. The van der Waals surface area contributed by atoms with Crippen LogP contribution in [0.15, 0.2) is 48.1 Å². The lowest BCUT2D eigenvalue weighted by Crippen LogP contribution is -2.14. The van der Waals surface area contributed by atoms with Crippen molar-refractivity contribution >= 4 is 29.1 Å². The van der Waals surface area contributed by atoms with Gasteiger partial charge in [-0.15, -0.1) is 0 Å². The molecular weight excluding hydrogens is 328 g/mol. The van der Waals surface area contributed by atoms with Gasteiger partial charge in [-0.05, 0) is 18.1 Å². The van der Waals surface area contributed by atoms with Crippen LogP contribution in [0, 0.1) is 0 Å². The Hall–Kier alpha value is -3.42. The lowest BCUT2D eigenvalue weighted by molar-refractivity contribution is 0.738. The summed E-state index contributed by atoms with van der Waals surface area (Å²) in [5.74, 6) is 0.852.